The van der Waals surface area contributed by atoms with Crippen LogP contribution in [-0.4, -0.2) is 25.5 Å². The van der Waals surface area contributed by atoms with Crippen LogP contribution in [0, 0.1) is 0 Å². The Morgan fingerprint density at radius 1 is 0.379 bits per heavy atom. The molecule has 4 aromatic rings. The zero-order valence-electron chi connectivity index (χ0n) is 24.9. The first-order chi connectivity index (χ1) is 23.8. The SMILES string of the molecule is FC(F)(F)c1cc(C(F)(F)F)[n-]n1.FC(F)(F)c1cc(C(F)(F)F)[n-]n1.FC(F)(F)c1cc(C(F)(F)F)[n-]n1.FC(F)(F)c1cc(C(F)(F)F)[nH]n1.[Cu+].[Cu+].[Cu+].[Cu].[O]=[Cu]. The van der Waals surface area contributed by atoms with Crippen molar-refractivity contribution in [2.24, 2.45) is 0 Å². The Kier molecular flexibility index (Phi) is 26.2. The van der Waals surface area contributed by atoms with E-state index in [1.165, 1.54) is 5.10 Å². The molecular formula is C20H5Cu5F24N8O. The van der Waals surface area contributed by atoms with Gasteiger partial charge in [0.2, 0.25) is 0 Å². The summed E-state index contributed by atoms with van der Waals surface area (Å²) in [4.78, 5) is 0. The molecule has 0 aliphatic rings. The summed E-state index contributed by atoms with van der Waals surface area (Å²) in [5, 5.41) is 17.9. The van der Waals surface area contributed by atoms with Gasteiger partial charge in [-0.1, -0.05) is 0 Å². The van der Waals surface area contributed by atoms with E-state index in [0.717, 1.165) is 0 Å². The van der Waals surface area contributed by atoms with Crippen LogP contribution < -0.4 is 15.3 Å². The van der Waals surface area contributed by atoms with E-state index in [-0.39, 0.29) is 92.5 Å². The van der Waals surface area contributed by atoms with Crippen molar-refractivity contribution in [2.45, 2.75) is 49.4 Å². The summed E-state index contributed by atoms with van der Waals surface area (Å²) in [6.45, 7) is 0. The first-order valence-corrected chi connectivity index (χ1v) is 12.0. The van der Waals surface area contributed by atoms with Gasteiger partial charge in [0.25, 0.3) is 0 Å². The molecule has 38 heteroatoms. The Bertz CT molecular complexity index is 1360. The second-order valence-electron chi connectivity index (χ2n) is 8.49. The molecule has 0 aliphatic heterocycles. The zero-order chi connectivity index (χ0) is 43.1. The van der Waals surface area contributed by atoms with Gasteiger partial charge in [0.1, 0.15) is 22.8 Å². The third kappa shape index (κ3) is 22.2. The average Bonchev–Trinajstić information content (AvgIpc) is 3.78. The van der Waals surface area contributed by atoms with Crippen LogP contribution >= 0.6 is 0 Å². The fourth-order valence-electron chi connectivity index (χ4n) is 2.33. The molecule has 0 saturated carbocycles. The Morgan fingerprint density at radius 3 is 0.707 bits per heavy atom. The second-order valence-corrected chi connectivity index (χ2v) is 8.49. The van der Waals surface area contributed by atoms with Crippen LogP contribution in [0.15, 0.2) is 24.3 Å². The maximum atomic E-state index is 11.8. The van der Waals surface area contributed by atoms with E-state index >= 15 is 0 Å². The van der Waals surface area contributed by atoms with E-state index < -0.39 is 95.0 Å². The van der Waals surface area contributed by atoms with E-state index in [9.17, 15) is 105 Å². The zero-order valence-corrected chi connectivity index (χ0v) is 29.6. The van der Waals surface area contributed by atoms with E-state index in [4.69, 9.17) is 3.83 Å². The maximum absolute atomic E-state index is 11.8. The van der Waals surface area contributed by atoms with Crippen molar-refractivity contribution in [3.8, 4) is 0 Å². The van der Waals surface area contributed by atoms with Crippen LogP contribution in [0.25, 0.3) is 0 Å². The first kappa shape index (κ1) is 64.7. The van der Waals surface area contributed by atoms with Crippen molar-refractivity contribution in [1.82, 2.24) is 40.8 Å². The fraction of sp³-hybridized carbons (Fsp3) is 0.400. The normalized spacial score (nSPS) is 12.1. The molecule has 0 aliphatic carbocycles. The molecule has 4 heterocycles. The monoisotopic (exact) mass is 1140 g/mol. The van der Waals surface area contributed by atoms with Crippen LogP contribution in [0.5, 0.6) is 0 Å². The van der Waals surface area contributed by atoms with Crippen molar-refractivity contribution in [1.29, 1.82) is 0 Å². The van der Waals surface area contributed by atoms with Gasteiger partial charge in [0.05, 0.1) is 0 Å². The standard InChI is InChI=1S/C5H2F6N2.3C5HF6N2.5Cu.O/c4*6-4(7,8)2-1-3(13-12-2)5(9,10)11;;;;;;/h1H,(H,12,13);3*1H;;;;;;/q;3*-1;;;3*+1;. The average molecular weight is 1150 g/mol. The molecule has 1 N–H and O–H groups in total. The number of hydrogen-bond donors (Lipinski definition) is 1. The fourth-order valence-corrected chi connectivity index (χ4v) is 2.33. The van der Waals surface area contributed by atoms with E-state index in [1.54, 1.807) is 0 Å². The molecule has 0 bridgehead atoms. The minimum absolute atomic E-state index is 0. The Morgan fingerprint density at radius 2 is 0.603 bits per heavy atom. The van der Waals surface area contributed by atoms with E-state index in [0.29, 0.717) is 0 Å². The second kappa shape index (κ2) is 23.5. The summed E-state index contributed by atoms with van der Waals surface area (Å²) in [6, 6.07) is -0.500. The quantitative estimate of drug-likeness (QED) is 0.137. The van der Waals surface area contributed by atoms with Crippen molar-refractivity contribution < 1.29 is 193 Å². The molecular weight excluding hydrogens is 1140 g/mol. The minimum atomic E-state index is -4.89. The number of halogens is 24. The molecule has 0 unspecified atom stereocenters. The van der Waals surface area contributed by atoms with Crippen LogP contribution in [0.1, 0.15) is 45.6 Å². The number of alkyl halides is 24. The summed E-state index contributed by atoms with van der Waals surface area (Å²) in [7, 11) is 0. The molecule has 58 heavy (non-hydrogen) atoms. The third-order valence-corrected chi connectivity index (χ3v) is 4.53. The van der Waals surface area contributed by atoms with Gasteiger partial charge in [-0.05, 0) is 35.3 Å². The molecule has 0 amide bonds. The number of hydrogen-bond acceptors (Lipinski definition) is 5. The van der Waals surface area contributed by atoms with Crippen molar-refractivity contribution >= 4 is 0 Å². The summed E-state index contributed by atoms with van der Waals surface area (Å²) in [6.07, 6.45) is -39.1. The van der Waals surface area contributed by atoms with Crippen LogP contribution in [0.2, 0.25) is 0 Å². The predicted octanol–water partition coefficient (Wildman–Crippen LogP) is 8.55. The van der Waals surface area contributed by atoms with Crippen LogP contribution in [-0.2, 0) is 137 Å². The predicted molar refractivity (Wildman–Crippen MR) is 112 cm³/mol. The molecule has 0 aromatic carbocycles. The first-order valence-electron chi connectivity index (χ1n) is 11.6. The summed E-state index contributed by atoms with van der Waals surface area (Å²) < 4.78 is 289. The summed E-state index contributed by atoms with van der Waals surface area (Å²) >= 11 is 2.94. The van der Waals surface area contributed by atoms with Gasteiger partial charge in [-0.3, -0.25) is 5.10 Å². The van der Waals surface area contributed by atoms with Crippen molar-refractivity contribution in [3.63, 3.8) is 0 Å². The Labute approximate surface area is 352 Å². The third-order valence-electron chi connectivity index (χ3n) is 4.53. The number of aromatic nitrogens is 8. The number of rotatable bonds is 0. The van der Waals surface area contributed by atoms with Crippen molar-refractivity contribution in [3.05, 3.63) is 69.8 Å². The molecule has 4 rings (SSSR count). The number of aromatic amines is 1. The molecule has 0 fully saturated rings. The van der Waals surface area contributed by atoms with Gasteiger partial charge >= 0.3 is 120 Å². The Hall–Kier alpha value is -2.44. The summed E-state index contributed by atoms with van der Waals surface area (Å²) in [5.74, 6) is 0. The number of nitrogens with zero attached hydrogens (tertiary/aromatic N) is 7. The molecule has 354 valence electrons. The van der Waals surface area contributed by atoms with Gasteiger partial charge < -0.3 is 30.6 Å². The molecule has 4 aromatic heterocycles. The van der Waals surface area contributed by atoms with Crippen LogP contribution in [0.3, 0.4) is 0 Å². The molecule has 0 atom stereocenters. The van der Waals surface area contributed by atoms with Gasteiger partial charge in [0.15, 0.2) is 5.69 Å². The number of nitrogens with one attached hydrogen (secondary N) is 1. The van der Waals surface area contributed by atoms with Crippen LogP contribution in [0.4, 0.5) is 105 Å². The van der Waals surface area contributed by atoms with Gasteiger partial charge in [0, 0.05) is 23.1 Å². The van der Waals surface area contributed by atoms with Crippen molar-refractivity contribution in [2.75, 3.05) is 0 Å². The summed E-state index contributed by atoms with van der Waals surface area (Å²) in [5.41, 5.74) is -12.9. The van der Waals surface area contributed by atoms with E-state index in [2.05, 4.69) is 51.6 Å². The topological polar surface area (TPSA) is 127 Å². The molecule has 0 saturated heterocycles. The van der Waals surface area contributed by atoms with E-state index in [1.807, 2.05) is 0 Å². The van der Waals surface area contributed by atoms with Gasteiger partial charge in [-0.15, -0.1) is 0 Å². The van der Waals surface area contributed by atoms with Gasteiger partial charge in [-0.25, -0.2) is 0 Å². The molecule has 0 spiro atoms. The molecule has 1 radical (unpaired) electrons. The van der Waals surface area contributed by atoms with Gasteiger partial charge in [-0.2, -0.15) is 110 Å². The Balaban J connectivity index is -0.000000207. The number of H-pyrrole nitrogens is 1. The molecule has 9 nitrogen and oxygen atoms in total.